The first-order valence-electron chi connectivity index (χ1n) is 7.24. The Bertz CT molecular complexity index is 304. The summed E-state index contributed by atoms with van der Waals surface area (Å²) in [5.74, 6) is 1.16. The monoisotopic (exact) mass is 252 g/mol. The summed E-state index contributed by atoms with van der Waals surface area (Å²) >= 11 is 0. The van der Waals surface area contributed by atoms with Crippen molar-refractivity contribution in [1.29, 1.82) is 0 Å². The molecule has 0 aliphatic rings. The molecule has 1 N–H and O–H groups in total. The summed E-state index contributed by atoms with van der Waals surface area (Å²) in [7, 11) is 0. The highest BCUT2D eigenvalue weighted by atomic mass is 15.1. The lowest BCUT2D eigenvalue weighted by Gasteiger charge is -2.18. The summed E-state index contributed by atoms with van der Waals surface area (Å²) in [4.78, 5) is 6.84. The lowest BCUT2D eigenvalue weighted by Crippen LogP contribution is -2.32. The zero-order chi connectivity index (χ0) is 13.2. The first-order valence-corrected chi connectivity index (χ1v) is 7.24. The van der Waals surface area contributed by atoms with Crippen LogP contribution in [0.1, 0.15) is 39.4 Å². The highest BCUT2D eigenvalue weighted by Gasteiger charge is 2.02. The Balaban J connectivity index is 2.24. The number of nitrogens with zero attached hydrogens (tertiary/aromatic N) is 3. The summed E-state index contributed by atoms with van der Waals surface area (Å²) in [6.07, 6.45) is 6.43. The summed E-state index contributed by atoms with van der Waals surface area (Å²) in [5.41, 5.74) is 0. The molecular weight excluding hydrogens is 224 g/mol. The van der Waals surface area contributed by atoms with Gasteiger partial charge in [-0.15, -0.1) is 0 Å². The van der Waals surface area contributed by atoms with Gasteiger partial charge < -0.3 is 14.8 Å². The largest absolute Gasteiger partial charge is 0.334 e. The van der Waals surface area contributed by atoms with E-state index in [9.17, 15) is 0 Å². The molecule has 4 heteroatoms. The maximum Gasteiger partial charge on any atom is 0.122 e. The van der Waals surface area contributed by atoms with Gasteiger partial charge in [-0.25, -0.2) is 4.98 Å². The predicted molar refractivity (Wildman–Crippen MR) is 76.6 cm³/mol. The topological polar surface area (TPSA) is 33.1 Å². The van der Waals surface area contributed by atoms with Crippen LogP contribution in [-0.2, 0) is 13.1 Å². The fourth-order valence-corrected chi connectivity index (χ4v) is 2.02. The third-order valence-electron chi connectivity index (χ3n) is 3.34. The zero-order valence-electron chi connectivity index (χ0n) is 12.2. The van der Waals surface area contributed by atoms with Gasteiger partial charge in [-0.1, -0.05) is 27.2 Å². The fourth-order valence-electron chi connectivity index (χ4n) is 2.02. The van der Waals surface area contributed by atoms with E-state index in [1.54, 1.807) is 0 Å². The van der Waals surface area contributed by atoms with Gasteiger partial charge in [-0.2, -0.15) is 0 Å². The highest BCUT2D eigenvalue weighted by molar-refractivity contribution is 4.91. The van der Waals surface area contributed by atoms with Gasteiger partial charge in [0.1, 0.15) is 5.82 Å². The van der Waals surface area contributed by atoms with Gasteiger partial charge in [0.05, 0.1) is 6.54 Å². The molecule has 0 aromatic carbocycles. The fraction of sp³-hybridized carbons (Fsp3) is 0.786. The van der Waals surface area contributed by atoms with E-state index in [0.717, 1.165) is 45.1 Å². The number of aryl methyl sites for hydroxylation is 1. The number of unbranched alkanes of at least 4 members (excludes halogenated alkanes) is 1. The summed E-state index contributed by atoms with van der Waals surface area (Å²) in [6, 6.07) is 0. The lowest BCUT2D eigenvalue weighted by molar-refractivity contribution is 0.301. The molecule has 1 aromatic rings. The standard InChI is InChI=1S/C14H28N4/c1-4-7-10-18-12-9-16-14(18)13-15-8-11-17(5-2)6-3/h9,12,15H,4-8,10-11,13H2,1-3H3. The Labute approximate surface area is 111 Å². The zero-order valence-corrected chi connectivity index (χ0v) is 12.2. The molecule has 0 fully saturated rings. The number of imidazole rings is 1. The third kappa shape index (κ3) is 5.19. The number of hydrogen-bond donors (Lipinski definition) is 1. The van der Waals surface area contributed by atoms with Gasteiger partial charge in [0.25, 0.3) is 0 Å². The van der Waals surface area contributed by atoms with Crippen molar-refractivity contribution in [3.8, 4) is 0 Å². The first kappa shape index (κ1) is 15.2. The van der Waals surface area contributed by atoms with E-state index in [2.05, 4.69) is 46.7 Å². The van der Waals surface area contributed by atoms with Gasteiger partial charge in [0.15, 0.2) is 0 Å². The van der Waals surface area contributed by atoms with Crippen molar-refractivity contribution in [2.24, 2.45) is 0 Å². The Morgan fingerprint density at radius 3 is 2.72 bits per heavy atom. The Morgan fingerprint density at radius 1 is 1.28 bits per heavy atom. The molecule has 0 amide bonds. The molecule has 4 nitrogen and oxygen atoms in total. The number of aromatic nitrogens is 2. The van der Waals surface area contributed by atoms with Crippen LogP contribution >= 0.6 is 0 Å². The molecule has 1 heterocycles. The predicted octanol–water partition coefficient (Wildman–Crippen LogP) is 2.11. The van der Waals surface area contributed by atoms with Crippen LogP contribution in [-0.4, -0.2) is 40.6 Å². The maximum atomic E-state index is 4.41. The third-order valence-corrected chi connectivity index (χ3v) is 3.34. The molecule has 0 bridgehead atoms. The van der Waals surface area contributed by atoms with E-state index in [-0.39, 0.29) is 0 Å². The smallest absolute Gasteiger partial charge is 0.122 e. The molecule has 0 saturated carbocycles. The summed E-state index contributed by atoms with van der Waals surface area (Å²) in [6.45, 7) is 13.0. The maximum absolute atomic E-state index is 4.41. The van der Waals surface area contributed by atoms with Crippen LogP contribution in [0.2, 0.25) is 0 Å². The van der Waals surface area contributed by atoms with Gasteiger partial charge in [0, 0.05) is 32.0 Å². The van der Waals surface area contributed by atoms with Crippen LogP contribution < -0.4 is 5.32 Å². The van der Waals surface area contributed by atoms with Crippen LogP contribution in [0, 0.1) is 0 Å². The molecule has 0 atom stereocenters. The van der Waals surface area contributed by atoms with Gasteiger partial charge >= 0.3 is 0 Å². The van der Waals surface area contributed by atoms with Crippen LogP contribution in [0.25, 0.3) is 0 Å². The average Bonchev–Trinajstić information content (AvgIpc) is 2.84. The SMILES string of the molecule is CCCCn1ccnc1CNCCN(CC)CC. The van der Waals surface area contributed by atoms with Crippen LogP contribution in [0.4, 0.5) is 0 Å². The van der Waals surface area contributed by atoms with Crippen molar-refractivity contribution in [3.63, 3.8) is 0 Å². The Morgan fingerprint density at radius 2 is 2.06 bits per heavy atom. The van der Waals surface area contributed by atoms with E-state index < -0.39 is 0 Å². The normalized spacial score (nSPS) is 11.3. The van der Waals surface area contributed by atoms with E-state index in [4.69, 9.17) is 0 Å². The van der Waals surface area contributed by atoms with Crippen molar-refractivity contribution in [2.45, 2.75) is 46.7 Å². The molecule has 104 valence electrons. The number of likely N-dealkylation sites (N-methyl/N-ethyl adjacent to an activating group) is 1. The second-order valence-electron chi connectivity index (χ2n) is 4.59. The van der Waals surface area contributed by atoms with Gasteiger partial charge in [0.2, 0.25) is 0 Å². The minimum Gasteiger partial charge on any atom is -0.334 e. The molecule has 1 rings (SSSR count). The lowest BCUT2D eigenvalue weighted by atomic mass is 10.3. The van der Waals surface area contributed by atoms with E-state index in [1.807, 2.05) is 6.20 Å². The van der Waals surface area contributed by atoms with Crippen LogP contribution in [0.5, 0.6) is 0 Å². The molecular formula is C14H28N4. The van der Waals surface area contributed by atoms with Gasteiger partial charge in [-0.3, -0.25) is 0 Å². The Kier molecular flexibility index (Phi) is 7.69. The molecule has 0 unspecified atom stereocenters. The average molecular weight is 252 g/mol. The molecule has 0 aliphatic heterocycles. The molecule has 1 aromatic heterocycles. The molecule has 0 spiro atoms. The molecule has 0 radical (unpaired) electrons. The van der Waals surface area contributed by atoms with E-state index in [1.165, 1.54) is 12.8 Å². The van der Waals surface area contributed by atoms with E-state index >= 15 is 0 Å². The van der Waals surface area contributed by atoms with Crippen molar-refractivity contribution in [3.05, 3.63) is 18.2 Å². The highest BCUT2D eigenvalue weighted by Crippen LogP contribution is 2.00. The number of nitrogens with one attached hydrogen (secondary N) is 1. The molecule has 18 heavy (non-hydrogen) atoms. The van der Waals surface area contributed by atoms with Crippen molar-refractivity contribution >= 4 is 0 Å². The first-order chi connectivity index (χ1) is 8.81. The van der Waals surface area contributed by atoms with Crippen molar-refractivity contribution < 1.29 is 0 Å². The van der Waals surface area contributed by atoms with Gasteiger partial charge in [-0.05, 0) is 19.5 Å². The van der Waals surface area contributed by atoms with Crippen LogP contribution in [0.3, 0.4) is 0 Å². The van der Waals surface area contributed by atoms with Crippen molar-refractivity contribution in [1.82, 2.24) is 19.8 Å². The number of hydrogen-bond acceptors (Lipinski definition) is 3. The molecule has 0 aliphatic carbocycles. The molecule has 0 saturated heterocycles. The second-order valence-corrected chi connectivity index (χ2v) is 4.59. The summed E-state index contributed by atoms with van der Waals surface area (Å²) in [5, 5.41) is 3.48. The van der Waals surface area contributed by atoms with E-state index in [0.29, 0.717) is 0 Å². The minimum absolute atomic E-state index is 0.873. The Hall–Kier alpha value is -0.870. The van der Waals surface area contributed by atoms with Crippen LogP contribution in [0.15, 0.2) is 12.4 Å². The van der Waals surface area contributed by atoms with Crippen molar-refractivity contribution in [2.75, 3.05) is 26.2 Å². The second kappa shape index (κ2) is 9.11. The number of rotatable bonds is 10. The quantitative estimate of drug-likeness (QED) is 0.648. The summed E-state index contributed by atoms with van der Waals surface area (Å²) < 4.78 is 2.26. The minimum atomic E-state index is 0.873.